The van der Waals surface area contributed by atoms with Crippen LogP contribution in [0.5, 0.6) is 0 Å². The number of hydrogen-bond acceptors (Lipinski definition) is 3. The van der Waals surface area contributed by atoms with E-state index in [1.54, 1.807) is 23.5 Å². The van der Waals surface area contributed by atoms with Crippen LogP contribution >= 0.6 is 22.9 Å². The Labute approximate surface area is 109 Å². The maximum absolute atomic E-state index is 12.8. The zero-order valence-electron chi connectivity index (χ0n) is 9.36. The Morgan fingerprint density at radius 2 is 2.06 bits per heavy atom. The van der Waals surface area contributed by atoms with Crippen molar-refractivity contribution < 1.29 is 4.39 Å². The maximum atomic E-state index is 12.8. The summed E-state index contributed by atoms with van der Waals surface area (Å²) >= 11 is 7.29. The summed E-state index contributed by atoms with van der Waals surface area (Å²) in [7, 11) is 1.95. The fourth-order valence-corrected chi connectivity index (χ4v) is 2.55. The van der Waals surface area contributed by atoms with E-state index in [1.165, 1.54) is 12.1 Å². The van der Waals surface area contributed by atoms with Crippen LogP contribution in [0.3, 0.4) is 0 Å². The van der Waals surface area contributed by atoms with Crippen LogP contribution in [0.2, 0.25) is 0 Å². The number of alkyl halides is 1. The number of rotatable bonds is 4. The second-order valence-corrected chi connectivity index (χ2v) is 4.91. The Morgan fingerprint density at radius 1 is 1.35 bits per heavy atom. The fraction of sp³-hybridized carbons (Fsp3) is 0.250. The standard InChI is InChI=1S/C12H12ClFN2S/c1-16(11-4-2-9(14)3-5-11)7-12-15-10(6-13)8-17-12/h2-5,8H,6-7H2,1H3. The van der Waals surface area contributed by atoms with Crippen molar-refractivity contribution in [3.8, 4) is 0 Å². The van der Waals surface area contributed by atoms with Gasteiger partial charge in [-0.1, -0.05) is 0 Å². The number of nitrogens with zero attached hydrogens (tertiary/aromatic N) is 2. The van der Waals surface area contributed by atoms with Crippen LogP contribution in [-0.4, -0.2) is 12.0 Å². The van der Waals surface area contributed by atoms with Crippen molar-refractivity contribution in [1.29, 1.82) is 0 Å². The van der Waals surface area contributed by atoms with Gasteiger partial charge in [0, 0.05) is 18.1 Å². The van der Waals surface area contributed by atoms with E-state index in [4.69, 9.17) is 11.6 Å². The molecule has 0 amide bonds. The minimum absolute atomic E-state index is 0.221. The Hall–Kier alpha value is -1.13. The van der Waals surface area contributed by atoms with Crippen LogP contribution in [0.15, 0.2) is 29.6 Å². The molecule has 5 heteroatoms. The second kappa shape index (κ2) is 5.47. The predicted octanol–water partition coefficient (Wildman–Crippen LogP) is 3.66. The lowest BCUT2D eigenvalue weighted by molar-refractivity contribution is 0.627. The zero-order valence-corrected chi connectivity index (χ0v) is 10.9. The highest BCUT2D eigenvalue weighted by Crippen LogP contribution is 2.18. The monoisotopic (exact) mass is 270 g/mol. The van der Waals surface area contributed by atoms with Gasteiger partial charge in [0.2, 0.25) is 0 Å². The molecular formula is C12H12ClFN2S. The van der Waals surface area contributed by atoms with Crippen molar-refractivity contribution in [1.82, 2.24) is 4.98 Å². The van der Waals surface area contributed by atoms with Gasteiger partial charge in [-0.3, -0.25) is 0 Å². The molecule has 0 unspecified atom stereocenters. The smallest absolute Gasteiger partial charge is 0.123 e. The molecule has 0 fully saturated rings. The zero-order chi connectivity index (χ0) is 12.3. The molecule has 0 spiro atoms. The number of aromatic nitrogens is 1. The number of halogens is 2. The van der Waals surface area contributed by atoms with Crippen LogP contribution in [0.25, 0.3) is 0 Å². The van der Waals surface area contributed by atoms with Crippen LogP contribution in [0.1, 0.15) is 10.7 Å². The van der Waals surface area contributed by atoms with Crippen LogP contribution in [0.4, 0.5) is 10.1 Å². The number of thiazole rings is 1. The van der Waals surface area contributed by atoms with Crippen LogP contribution < -0.4 is 4.90 Å². The van der Waals surface area contributed by atoms with E-state index >= 15 is 0 Å². The highest BCUT2D eigenvalue weighted by atomic mass is 35.5. The van der Waals surface area contributed by atoms with Crippen molar-refractivity contribution in [3.05, 3.63) is 46.2 Å². The summed E-state index contributed by atoms with van der Waals surface area (Å²) in [4.78, 5) is 6.41. The average molecular weight is 271 g/mol. The van der Waals surface area contributed by atoms with Gasteiger partial charge in [0.25, 0.3) is 0 Å². The van der Waals surface area contributed by atoms with E-state index in [0.717, 1.165) is 16.4 Å². The average Bonchev–Trinajstić information content (AvgIpc) is 2.77. The van der Waals surface area contributed by atoms with Crippen molar-refractivity contribution in [2.45, 2.75) is 12.4 Å². The molecule has 1 aromatic heterocycles. The van der Waals surface area contributed by atoms with Gasteiger partial charge in [0.15, 0.2) is 0 Å². The lowest BCUT2D eigenvalue weighted by atomic mass is 10.3. The van der Waals surface area contributed by atoms with Crippen molar-refractivity contribution in [3.63, 3.8) is 0 Å². The van der Waals surface area contributed by atoms with Crippen molar-refractivity contribution >= 4 is 28.6 Å². The van der Waals surface area contributed by atoms with Gasteiger partial charge >= 0.3 is 0 Å². The number of benzene rings is 1. The van der Waals surface area contributed by atoms with Gasteiger partial charge in [0.1, 0.15) is 10.8 Å². The molecule has 2 rings (SSSR count). The molecule has 2 aromatic rings. The highest BCUT2D eigenvalue weighted by molar-refractivity contribution is 7.09. The highest BCUT2D eigenvalue weighted by Gasteiger charge is 2.06. The summed E-state index contributed by atoms with van der Waals surface area (Å²) in [5.41, 5.74) is 1.87. The maximum Gasteiger partial charge on any atom is 0.123 e. The SMILES string of the molecule is CN(Cc1nc(CCl)cs1)c1ccc(F)cc1. The summed E-state index contributed by atoms with van der Waals surface area (Å²) in [5.74, 6) is 0.220. The number of anilines is 1. The predicted molar refractivity (Wildman–Crippen MR) is 70.2 cm³/mol. The summed E-state index contributed by atoms with van der Waals surface area (Å²) in [6.45, 7) is 0.702. The third-order valence-corrected chi connectivity index (χ3v) is 3.53. The van der Waals surface area contributed by atoms with E-state index in [9.17, 15) is 4.39 Å². The van der Waals surface area contributed by atoms with E-state index in [1.807, 2.05) is 17.3 Å². The fourth-order valence-electron chi connectivity index (χ4n) is 1.47. The summed E-state index contributed by atoms with van der Waals surface area (Å²) in [6, 6.07) is 6.42. The van der Waals surface area contributed by atoms with E-state index < -0.39 is 0 Å². The Kier molecular flexibility index (Phi) is 3.97. The molecule has 0 saturated carbocycles. The largest absolute Gasteiger partial charge is 0.368 e. The molecule has 0 aliphatic rings. The van der Waals surface area contributed by atoms with Crippen LogP contribution in [0, 0.1) is 5.82 Å². The first kappa shape index (κ1) is 12.3. The minimum atomic E-state index is -0.221. The van der Waals surface area contributed by atoms with E-state index in [0.29, 0.717) is 12.4 Å². The molecule has 0 aliphatic carbocycles. The van der Waals surface area contributed by atoms with Gasteiger partial charge in [-0.25, -0.2) is 9.37 Å². The van der Waals surface area contributed by atoms with Gasteiger partial charge in [-0.2, -0.15) is 0 Å². The van der Waals surface area contributed by atoms with Crippen molar-refractivity contribution in [2.75, 3.05) is 11.9 Å². The molecular weight excluding hydrogens is 259 g/mol. The molecule has 0 atom stereocenters. The molecule has 0 N–H and O–H groups in total. The third kappa shape index (κ3) is 3.17. The summed E-state index contributed by atoms with van der Waals surface area (Å²) in [5, 5.41) is 2.97. The van der Waals surface area contributed by atoms with Gasteiger partial charge < -0.3 is 4.90 Å². The molecule has 17 heavy (non-hydrogen) atoms. The Morgan fingerprint density at radius 3 is 2.65 bits per heavy atom. The molecule has 0 aliphatic heterocycles. The molecule has 2 nitrogen and oxygen atoms in total. The quantitative estimate of drug-likeness (QED) is 0.789. The molecule has 0 saturated heterocycles. The molecule has 90 valence electrons. The van der Waals surface area contributed by atoms with E-state index in [2.05, 4.69) is 4.98 Å². The van der Waals surface area contributed by atoms with Gasteiger partial charge in [-0.05, 0) is 24.3 Å². The third-order valence-electron chi connectivity index (χ3n) is 2.38. The molecule has 0 radical (unpaired) electrons. The lowest BCUT2D eigenvalue weighted by Gasteiger charge is -2.17. The summed E-state index contributed by atoms with van der Waals surface area (Å²) < 4.78 is 12.8. The molecule has 1 heterocycles. The van der Waals surface area contributed by atoms with E-state index in [-0.39, 0.29) is 5.82 Å². The second-order valence-electron chi connectivity index (χ2n) is 3.70. The van der Waals surface area contributed by atoms with Gasteiger partial charge in [0.05, 0.1) is 18.1 Å². The number of hydrogen-bond donors (Lipinski definition) is 0. The topological polar surface area (TPSA) is 16.1 Å². The Bertz CT molecular complexity index is 484. The van der Waals surface area contributed by atoms with Crippen LogP contribution in [-0.2, 0) is 12.4 Å². The Balaban J connectivity index is 2.05. The lowest BCUT2D eigenvalue weighted by Crippen LogP contribution is -2.16. The first-order valence-electron chi connectivity index (χ1n) is 5.15. The van der Waals surface area contributed by atoms with Crippen molar-refractivity contribution in [2.24, 2.45) is 0 Å². The summed E-state index contributed by atoms with van der Waals surface area (Å²) in [6.07, 6.45) is 0. The first-order valence-corrected chi connectivity index (χ1v) is 6.56. The normalized spacial score (nSPS) is 10.5. The van der Waals surface area contributed by atoms with Gasteiger partial charge in [-0.15, -0.1) is 22.9 Å². The first-order chi connectivity index (χ1) is 8.19. The molecule has 0 bridgehead atoms. The molecule has 1 aromatic carbocycles. The minimum Gasteiger partial charge on any atom is -0.368 e.